The summed E-state index contributed by atoms with van der Waals surface area (Å²) in [5, 5.41) is 7.18. The number of rotatable bonds is 4. The Kier molecular flexibility index (Phi) is 4.80. The van der Waals surface area contributed by atoms with Crippen molar-refractivity contribution in [3.63, 3.8) is 0 Å². The zero-order valence-corrected chi connectivity index (χ0v) is 16.6. The van der Waals surface area contributed by atoms with Crippen molar-refractivity contribution >= 4 is 11.6 Å². The van der Waals surface area contributed by atoms with Crippen LogP contribution in [0, 0.1) is 0 Å². The topological polar surface area (TPSA) is 58.2 Å². The van der Waals surface area contributed by atoms with Crippen LogP contribution in [-0.2, 0) is 6.18 Å². The lowest BCUT2D eigenvalue weighted by molar-refractivity contribution is -0.137. The van der Waals surface area contributed by atoms with Gasteiger partial charge < -0.3 is 4.74 Å². The van der Waals surface area contributed by atoms with Gasteiger partial charge in [0.25, 0.3) is 5.91 Å². The van der Waals surface area contributed by atoms with E-state index in [0.717, 1.165) is 29.0 Å². The van der Waals surface area contributed by atoms with Crippen LogP contribution in [0.25, 0.3) is 0 Å². The van der Waals surface area contributed by atoms with Gasteiger partial charge in [0.2, 0.25) is 0 Å². The van der Waals surface area contributed by atoms with E-state index in [1.54, 1.807) is 6.07 Å². The number of methoxy groups -OCH3 is 1. The molecule has 1 aromatic heterocycles. The Bertz CT molecular complexity index is 1090. The molecule has 1 unspecified atom stereocenters. The fourth-order valence-electron chi connectivity index (χ4n) is 3.87. The molecule has 2 heterocycles. The van der Waals surface area contributed by atoms with Crippen LogP contribution >= 0.6 is 0 Å². The lowest BCUT2D eigenvalue weighted by atomic mass is 9.94. The van der Waals surface area contributed by atoms with E-state index in [0.29, 0.717) is 11.4 Å². The second-order valence-electron chi connectivity index (χ2n) is 7.42. The van der Waals surface area contributed by atoms with Gasteiger partial charge in [-0.1, -0.05) is 32.0 Å². The smallest absolute Gasteiger partial charge is 0.416 e. The van der Waals surface area contributed by atoms with E-state index in [2.05, 4.69) is 10.2 Å². The maximum Gasteiger partial charge on any atom is 0.416 e. The number of hydrogen-bond donors (Lipinski definition) is 1. The predicted octanol–water partition coefficient (Wildman–Crippen LogP) is 5.31. The van der Waals surface area contributed by atoms with E-state index in [1.807, 2.05) is 32.0 Å². The van der Waals surface area contributed by atoms with E-state index in [1.165, 1.54) is 24.1 Å². The molecule has 0 aliphatic carbocycles. The number of H-pyrrole nitrogens is 1. The molecule has 5 nitrogen and oxygen atoms in total. The van der Waals surface area contributed by atoms with Crippen LogP contribution in [0.1, 0.15) is 58.7 Å². The summed E-state index contributed by atoms with van der Waals surface area (Å²) in [6, 6.07) is 11.3. The molecule has 0 radical (unpaired) electrons. The minimum atomic E-state index is -4.45. The van der Waals surface area contributed by atoms with Crippen LogP contribution < -0.4 is 9.64 Å². The van der Waals surface area contributed by atoms with Gasteiger partial charge in [0.15, 0.2) is 5.69 Å². The van der Waals surface area contributed by atoms with E-state index < -0.39 is 17.8 Å². The molecule has 0 bridgehead atoms. The first kappa shape index (κ1) is 20.0. The first-order valence-corrected chi connectivity index (χ1v) is 9.46. The summed E-state index contributed by atoms with van der Waals surface area (Å²) in [6.45, 7) is 3.97. The van der Waals surface area contributed by atoms with Crippen molar-refractivity contribution in [1.29, 1.82) is 0 Å². The predicted molar refractivity (Wildman–Crippen MR) is 106 cm³/mol. The molecule has 1 amide bonds. The molecule has 30 heavy (non-hydrogen) atoms. The Morgan fingerprint density at radius 3 is 2.37 bits per heavy atom. The number of para-hydroxylation sites is 1. The summed E-state index contributed by atoms with van der Waals surface area (Å²) in [5.74, 6) is 0.276. The third kappa shape index (κ3) is 3.12. The fraction of sp³-hybridized carbons (Fsp3) is 0.273. The Morgan fingerprint density at radius 1 is 1.10 bits per heavy atom. The van der Waals surface area contributed by atoms with Crippen LogP contribution in [0.5, 0.6) is 5.75 Å². The van der Waals surface area contributed by atoms with Gasteiger partial charge in [-0.15, -0.1) is 0 Å². The zero-order valence-electron chi connectivity index (χ0n) is 16.6. The molecule has 0 saturated carbocycles. The average Bonchev–Trinajstić information content (AvgIpc) is 3.26. The molecule has 0 saturated heterocycles. The van der Waals surface area contributed by atoms with Crippen molar-refractivity contribution in [1.82, 2.24) is 10.2 Å². The fourth-order valence-corrected chi connectivity index (χ4v) is 3.87. The van der Waals surface area contributed by atoms with Gasteiger partial charge in [0.05, 0.1) is 18.7 Å². The lowest BCUT2D eigenvalue weighted by Gasteiger charge is -2.28. The van der Waals surface area contributed by atoms with Crippen LogP contribution in [-0.4, -0.2) is 23.2 Å². The maximum absolute atomic E-state index is 13.3. The number of ether oxygens (including phenoxy) is 1. The maximum atomic E-state index is 13.3. The number of aromatic nitrogens is 2. The lowest BCUT2D eigenvalue weighted by Crippen LogP contribution is -2.29. The average molecular weight is 415 g/mol. The summed E-state index contributed by atoms with van der Waals surface area (Å²) >= 11 is 0. The molecule has 1 atom stereocenters. The Morgan fingerprint density at radius 2 is 1.77 bits per heavy atom. The van der Waals surface area contributed by atoms with Crippen molar-refractivity contribution in [2.24, 2.45) is 0 Å². The summed E-state index contributed by atoms with van der Waals surface area (Å²) in [5.41, 5.74) is 2.12. The largest absolute Gasteiger partial charge is 0.496 e. The normalized spacial score (nSPS) is 16.3. The van der Waals surface area contributed by atoms with Gasteiger partial charge in [0.1, 0.15) is 5.75 Å². The Balaban J connectivity index is 1.90. The highest BCUT2D eigenvalue weighted by atomic mass is 19.4. The van der Waals surface area contributed by atoms with Crippen LogP contribution in [0.2, 0.25) is 0 Å². The quantitative estimate of drug-likeness (QED) is 0.628. The molecule has 0 fully saturated rings. The monoisotopic (exact) mass is 415 g/mol. The van der Waals surface area contributed by atoms with Gasteiger partial charge in [-0.25, -0.2) is 0 Å². The highest BCUT2D eigenvalue weighted by Gasteiger charge is 2.44. The number of hydrogen-bond acceptors (Lipinski definition) is 3. The first-order valence-electron chi connectivity index (χ1n) is 9.46. The molecule has 4 rings (SSSR count). The minimum absolute atomic E-state index is 0.0683. The van der Waals surface area contributed by atoms with Crippen molar-refractivity contribution in [2.75, 3.05) is 12.0 Å². The summed E-state index contributed by atoms with van der Waals surface area (Å²) in [7, 11) is 1.54. The van der Waals surface area contributed by atoms with Crippen molar-refractivity contribution in [3.05, 3.63) is 76.6 Å². The van der Waals surface area contributed by atoms with E-state index in [4.69, 9.17) is 4.74 Å². The number of nitrogens with one attached hydrogen (secondary N) is 1. The summed E-state index contributed by atoms with van der Waals surface area (Å²) in [6.07, 6.45) is -4.45. The minimum Gasteiger partial charge on any atom is -0.496 e. The van der Waals surface area contributed by atoms with Crippen LogP contribution in [0.4, 0.5) is 18.9 Å². The van der Waals surface area contributed by atoms with Gasteiger partial charge in [-0.05, 0) is 36.2 Å². The van der Waals surface area contributed by atoms with Crippen molar-refractivity contribution < 1.29 is 22.7 Å². The highest BCUT2D eigenvalue weighted by Crippen LogP contribution is 2.46. The second kappa shape index (κ2) is 7.19. The third-order valence-electron chi connectivity index (χ3n) is 5.27. The molecule has 0 spiro atoms. The molecule has 2 aromatic carbocycles. The molecule has 3 aromatic rings. The summed E-state index contributed by atoms with van der Waals surface area (Å²) < 4.78 is 44.5. The van der Waals surface area contributed by atoms with E-state index in [9.17, 15) is 18.0 Å². The Hall–Kier alpha value is -3.29. The Labute approximate surface area is 171 Å². The number of aromatic amines is 1. The molecule has 1 aliphatic rings. The van der Waals surface area contributed by atoms with Gasteiger partial charge in [-0.2, -0.15) is 18.3 Å². The number of alkyl halides is 3. The third-order valence-corrected chi connectivity index (χ3v) is 5.27. The summed E-state index contributed by atoms with van der Waals surface area (Å²) in [4.78, 5) is 14.8. The highest BCUT2D eigenvalue weighted by molar-refractivity contribution is 6.10. The molecular weight excluding hydrogens is 395 g/mol. The van der Waals surface area contributed by atoms with Gasteiger partial charge in [-0.3, -0.25) is 14.8 Å². The van der Waals surface area contributed by atoms with Crippen molar-refractivity contribution in [3.8, 4) is 5.75 Å². The zero-order chi connectivity index (χ0) is 21.6. The van der Waals surface area contributed by atoms with Crippen molar-refractivity contribution in [2.45, 2.75) is 32.0 Å². The number of carbonyl (C=O) groups is 1. The molecule has 1 N–H and O–H groups in total. The number of fused-ring (bicyclic) bond motifs is 1. The molecule has 1 aliphatic heterocycles. The van der Waals surface area contributed by atoms with Crippen LogP contribution in [0.15, 0.2) is 48.5 Å². The van der Waals surface area contributed by atoms with Crippen LogP contribution in [0.3, 0.4) is 0 Å². The first-order chi connectivity index (χ1) is 14.2. The number of nitrogens with zero attached hydrogens (tertiary/aromatic N) is 2. The molecule has 156 valence electrons. The second-order valence-corrected chi connectivity index (χ2v) is 7.42. The van der Waals surface area contributed by atoms with Gasteiger partial charge in [0, 0.05) is 22.5 Å². The molecular formula is C22H20F3N3O2. The SMILES string of the molecule is COc1ccccc1C1c2c(n[nH]c2C(C)C)C(=O)N1c1ccc(C(F)(F)F)cc1. The number of anilines is 1. The van der Waals surface area contributed by atoms with Gasteiger partial charge >= 0.3 is 6.18 Å². The number of carbonyl (C=O) groups excluding carboxylic acids is 1. The van der Waals surface area contributed by atoms with E-state index >= 15 is 0 Å². The standard InChI is InChI=1S/C22H20F3N3O2/c1-12(2)18-17-19(27-26-18)21(29)28(14-10-8-13(9-11-14)22(23,24)25)20(17)15-6-4-5-7-16(15)30-3/h4-12,20H,1-3H3,(H,26,27). The molecule has 8 heteroatoms. The number of benzene rings is 2. The van der Waals surface area contributed by atoms with E-state index in [-0.39, 0.29) is 17.5 Å². The number of halogens is 3. The number of amides is 1.